The highest BCUT2D eigenvalue weighted by Gasteiger charge is 2.28. The van der Waals surface area contributed by atoms with Crippen LogP contribution in [-0.2, 0) is 0 Å². The van der Waals surface area contributed by atoms with Gasteiger partial charge in [0.05, 0.1) is 6.54 Å². The molecule has 0 aliphatic rings. The Balaban J connectivity index is 1.80. The number of nitrogens with one attached hydrogen (secondary N) is 1. The summed E-state index contributed by atoms with van der Waals surface area (Å²) >= 11 is 0. The van der Waals surface area contributed by atoms with Crippen LogP contribution in [0, 0.1) is 0 Å². The first-order valence-corrected chi connectivity index (χ1v) is 7.33. The van der Waals surface area contributed by atoms with Crippen LogP contribution in [0.15, 0.2) is 37.1 Å². The molecule has 0 aliphatic heterocycles. The fourth-order valence-electron chi connectivity index (χ4n) is 2.13. The van der Waals surface area contributed by atoms with E-state index in [-0.39, 0.29) is 12.5 Å². The Morgan fingerprint density at radius 3 is 2.83 bits per heavy atom. The number of carbonyl (C=O) groups is 1. The van der Waals surface area contributed by atoms with Gasteiger partial charge >= 0.3 is 6.18 Å². The van der Waals surface area contributed by atoms with E-state index in [2.05, 4.69) is 15.3 Å². The van der Waals surface area contributed by atoms with Gasteiger partial charge in [-0.15, -0.1) is 0 Å². The average molecular weight is 341 g/mol. The van der Waals surface area contributed by atoms with Crippen molar-refractivity contribution in [2.24, 2.45) is 0 Å². The van der Waals surface area contributed by atoms with E-state index in [1.54, 1.807) is 35.4 Å². The van der Waals surface area contributed by atoms with Crippen molar-refractivity contribution in [2.75, 3.05) is 26.7 Å². The lowest BCUT2D eigenvalue weighted by Gasteiger charge is -2.18. The number of alkyl halides is 3. The minimum Gasteiger partial charge on any atom is -0.352 e. The van der Waals surface area contributed by atoms with Crippen molar-refractivity contribution in [1.29, 1.82) is 0 Å². The first kappa shape index (κ1) is 17.9. The van der Waals surface area contributed by atoms with E-state index in [0.29, 0.717) is 24.3 Å². The highest BCUT2D eigenvalue weighted by molar-refractivity contribution is 5.94. The summed E-state index contributed by atoms with van der Waals surface area (Å²) in [7, 11) is 1.40. The summed E-state index contributed by atoms with van der Waals surface area (Å²) in [4.78, 5) is 21.3. The Kier molecular flexibility index (Phi) is 5.91. The van der Waals surface area contributed by atoms with E-state index in [0.717, 1.165) is 0 Å². The van der Waals surface area contributed by atoms with Crippen molar-refractivity contribution in [3.8, 4) is 5.82 Å². The predicted octanol–water partition coefficient (Wildman–Crippen LogP) is 1.88. The molecule has 9 heteroatoms. The molecular weight excluding hydrogens is 323 g/mol. The molecule has 2 heterocycles. The highest BCUT2D eigenvalue weighted by Crippen LogP contribution is 2.15. The van der Waals surface area contributed by atoms with Crippen LogP contribution in [0.25, 0.3) is 5.82 Å². The van der Waals surface area contributed by atoms with E-state index in [1.165, 1.54) is 18.1 Å². The van der Waals surface area contributed by atoms with Crippen LogP contribution in [0.3, 0.4) is 0 Å². The summed E-state index contributed by atoms with van der Waals surface area (Å²) in [5, 5.41) is 2.69. The van der Waals surface area contributed by atoms with Crippen molar-refractivity contribution in [2.45, 2.75) is 12.6 Å². The van der Waals surface area contributed by atoms with Gasteiger partial charge in [-0.25, -0.2) is 9.97 Å². The molecular formula is C15H18F3N5O. The van der Waals surface area contributed by atoms with Gasteiger partial charge in [0.2, 0.25) is 0 Å². The third-order valence-corrected chi connectivity index (χ3v) is 3.23. The molecule has 0 saturated carbocycles. The standard InChI is InChI=1S/C15H18F3N5O/c1-22(10-15(16,17)18)7-2-4-21-14(24)12-3-5-20-13(9-12)23-8-6-19-11-23/h3,5-6,8-9,11H,2,4,7,10H2,1H3,(H,21,24). The van der Waals surface area contributed by atoms with E-state index in [9.17, 15) is 18.0 Å². The molecule has 0 aromatic carbocycles. The molecule has 0 unspecified atom stereocenters. The maximum atomic E-state index is 12.2. The molecule has 6 nitrogen and oxygen atoms in total. The number of aromatic nitrogens is 3. The molecule has 2 aromatic heterocycles. The second-order valence-electron chi connectivity index (χ2n) is 5.34. The Bertz CT molecular complexity index is 657. The topological polar surface area (TPSA) is 63.1 Å². The van der Waals surface area contributed by atoms with Gasteiger partial charge in [0.1, 0.15) is 12.1 Å². The number of imidazole rings is 1. The van der Waals surface area contributed by atoms with Crippen molar-refractivity contribution < 1.29 is 18.0 Å². The number of hydrogen-bond acceptors (Lipinski definition) is 4. The summed E-state index contributed by atoms with van der Waals surface area (Å²) in [5.41, 5.74) is 0.428. The lowest BCUT2D eigenvalue weighted by Crippen LogP contribution is -2.33. The van der Waals surface area contributed by atoms with Crippen LogP contribution in [0.4, 0.5) is 13.2 Å². The average Bonchev–Trinajstić information content (AvgIpc) is 3.04. The molecule has 0 saturated heterocycles. The molecule has 1 N–H and O–H groups in total. The third kappa shape index (κ3) is 5.65. The van der Waals surface area contributed by atoms with Crippen LogP contribution in [0.2, 0.25) is 0 Å². The quantitative estimate of drug-likeness (QED) is 0.781. The van der Waals surface area contributed by atoms with Gasteiger partial charge in [-0.1, -0.05) is 0 Å². The molecule has 0 spiro atoms. The number of amides is 1. The van der Waals surface area contributed by atoms with Gasteiger partial charge in [0.15, 0.2) is 0 Å². The van der Waals surface area contributed by atoms with Gasteiger partial charge in [-0.05, 0) is 32.1 Å². The van der Waals surface area contributed by atoms with E-state index in [1.807, 2.05) is 0 Å². The molecule has 2 rings (SSSR count). The summed E-state index contributed by atoms with van der Waals surface area (Å²) in [6, 6.07) is 3.19. The zero-order chi connectivity index (χ0) is 17.6. The van der Waals surface area contributed by atoms with E-state index < -0.39 is 12.7 Å². The monoisotopic (exact) mass is 341 g/mol. The van der Waals surface area contributed by atoms with Crippen molar-refractivity contribution in [1.82, 2.24) is 24.8 Å². The normalized spacial score (nSPS) is 11.7. The first-order valence-electron chi connectivity index (χ1n) is 7.33. The number of nitrogens with zero attached hydrogens (tertiary/aromatic N) is 4. The van der Waals surface area contributed by atoms with Crippen molar-refractivity contribution in [3.63, 3.8) is 0 Å². The van der Waals surface area contributed by atoms with Gasteiger partial charge in [-0.2, -0.15) is 13.2 Å². The van der Waals surface area contributed by atoms with Crippen molar-refractivity contribution >= 4 is 5.91 Å². The molecule has 0 aliphatic carbocycles. The van der Waals surface area contributed by atoms with E-state index in [4.69, 9.17) is 0 Å². The molecule has 24 heavy (non-hydrogen) atoms. The van der Waals surface area contributed by atoms with E-state index >= 15 is 0 Å². The Labute approximate surface area is 137 Å². The Morgan fingerprint density at radius 1 is 1.38 bits per heavy atom. The maximum Gasteiger partial charge on any atom is 0.401 e. The summed E-state index contributed by atoms with van der Waals surface area (Å²) in [6.07, 6.45) is 2.62. The second kappa shape index (κ2) is 7.91. The fourth-order valence-corrected chi connectivity index (χ4v) is 2.13. The number of pyridine rings is 1. The van der Waals surface area contributed by atoms with Crippen LogP contribution >= 0.6 is 0 Å². The molecule has 0 bridgehead atoms. The molecule has 1 amide bonds. The summed E-state index contributed by atoms with van der Waals surface area (Å²) in [6.45, 7) is -0.417. The lowest BCUT2D eigenvalue weighted by atomic mass is 10.2. The summed E-state index contributed by atoms with van der Waals surface area (Å²) < 4.78 is 38.3. The summed E-state index contributed by atoms with van der Waals surface area (Å²) in [5.74, 6) is 0.266. The highest BCUT2D eigenvalue weighted by atomic mass is 19.4. The molecule has 0 radical (unpaired) electrons. The van der Waals surface area contributed by atoms with Crippen LogP contribution in [0.5, 0.6) is 0 Å². The molecule has 0 fully saturated rings. The number of rotatable bonds is 7. The third-order valence-electron chi connectivity index (χ3n) is 3.23. The predicted molar refractivity (Wildman–Crippen MR) is 81.9 cm³/mol. The smallest absolute Gasteiger partial charge is 0.352 e. The zero-order valence-corrected chi connectivity index (χ0v) is 13.1. The molecule has 0 atom stereocenters. The maximum absolute atomic E-state index is 12.2. The molecule has 130 valence electrons. The SMILES string of the molecule is CN(CCCNC(=O)c1ccnc(-n2ccnc2)c1)CC(F)(F)F. The minimum absolute atomic E-state index is 0.246. The second-order valence-corrected chi connectivity index (χ2v) is 5.34. The van der Waals surface area contributed by atoms with Crippen molar-refractivity contribution in [3.05, 3.63) is 42.6 Å². The van der Waals surface area contributed by atoms with Crippen LogP contribution in [-0.4, -0.2) is 58.2 Å². The van der Waals surface area contributed by atoms with Gasteiger partial charge in [-0.3, -0.25) is 14.3 Å². The first-order chi connectivity index (χ1) is 11.3. The zero-order valence-electron chi connectivity index (χ0n) is 13.1. The van der Waals surface area contributed by atoms with Gasteiger partial charge in [0.25, 0.3) is 5.91 Å². The Morgan fingerprint density at radius 2 is 2.17 bits per heavy atom. The molecule has 2 aromatic rings. The lowest BCUT2D eigenvalue weighted by molar-refractivity contribution is -0.143. The Hall–Kier alpha value is -2.42. The van der Waals surface area contributed by atoms with Gasteiger partial charge < -0.3 is 5.32 Å². The number of carbonyl (C=O) groups excluding carboxylic acids is 1. The fraction of sp³-hybridized carbons (Fsp3) is 0.400. The largest absolute Gasteiger partial charge is 0.401 e. The number of halogens is 3. The van der Waals surface area contributed by atoms with Gasteiger partial charge in [0, 0.05) is 30.7 Å². The van der Waals surface area contributed by atoms with Crippen LogP contribution < -0.4 is 5.32 Å². The van der Waals surface area contributed by atoms with Crippen LogP contribution in [0.1, 0.15) is 16.8 Å². The number of hydrogen-bond donors (Lipinski definition) is 1. The minimum atomic E-state index is -4.21.